The summed E-state index contributed by atoms with van der Waals surface area (Å²) in [7, 11) is 0. The van der Waals surface area contributed by atoms with Crippen LogP contribution in [0, 0.1) is 5.92 Å². The molecular formula is C36H47N5O4. The second kappa shape index (κ2) is 14.6. The maximum Gasteiger partial charge on any atom is 0.239 e. The van der Waals surface area contributed by atoms with E-state index >= 15 is 0 Å². The second-order valence-electron chi connectivity index (χ2n) is 13.6. The van der Waals surface area contributed by atoms with Crippen LogP contribution in [0.25, 0.3) is 0 Å². The number of carbonyl (C=O) groups is 2. The number of hydrogen-bond acceptors (Lipinski definition) is 7. The highest BCUT2D eigenvalue weighted by atomic mass is 16.3. The van der Waals surface area contributed by atoms with Crippen LogP contribution in [0.1, 0.15) is 55.5 Å². The number of aromatic nitrogens is 1. The molecule has 45 heavy (non-hydrogen) atoms. The summed E-state index contributed by atoms with van der Waals surface area (Å²) in [6, 6.07) is 20.6. The number of β-amino-alcohol motifs (C(OH)–C–C–N with tert-alkyl or cyclic N) is 1. The molecule has 2 amide bonds. The van der Waals surface area contributed by atoms with E-state index in [2.05, 4.69) is 25.4 Å². The van der Waals surface area contributed by atoms with Crippen molar-refractivity contribution in [3.05, 3.63) is 101 Å². The van der Waals surface area contributed by atoms with E-state index in [9.17, 15) is 19.8 Å². The van der Waals surface area contributed by atoms with Crippen molar-refractivity contribution in [3.63, 3.8) is 0 Å². The Morgan fingerprint density at radius 3 is 2.47 bits per heavy atom. The number of nitrogens with zero attached hydrogens (tertiary/aromatic N) is 3. The summed E-state index contributed by atoms with van der Waals surface area (Å²) in [6.45, 7) is 8.74. The van der Waals surface area contributed by atoms with Gasteiger partial charge in [-0.3, -0.25) is 24.4 Å². The first kappa shape index (κ1) is 32.8. The third-order valence-electron chi connectivity index (χ3n) is 8.70. The number of benzene rings is 2. The second-order valence-corrected chi connectivity index (χ2v) is 13.6. The Morgan fingerprint density at radius 1 is 1.00 bits per heavy atom. The van der Waals surface area contributed by atoms with Gasteiger partial charge in [-0.15, -0.1) is 0 Å². The van der Waals surface area contributed by atoms with Crippen molar-refractivity contribution >= 4 is 11.8 Å². The molecule has 0 bridgehead atoms. The summed E-state index contributed by atoms with van der Waals surface area (Å²) in [5.41, 5.74) is 3.68. The molecule has 4 N–H and O–H groups in total. The minimum atomic E-state index is -0.833. The van der Waals surface area contributed by atoms with E-state index < -0.39 is 35.7 Å². The highest BCUT2D eigenvalue weighted by Crippen LogP contribution is 2.32. The minimum absolute atomic E-state index is 0.0712. The van der Waals surface area contributed by atoms with Gasteiger partial charge in [-0.1, -0.05) is 60.7 Å². The molecule has 2 heterocycles. The van der Waals surface area contributed by atoms with Crippen LogP contribution >= 0.6 is 0 Å². The predicted octanol–water partition coefficient (Wildman–Crippen LogP) is 2.87. The molecule has 0 saturated carbocycles. The zero-order chi connectivity index (χ0) is 32.0. The normalized spacial score (nSPS) is 21.9. The molecule has 1 saturated heterocycles. The molecule has 3 aromatic rings. The van der Waals surface area contributed by atoms with Crippen molar-refractivity contribution in [2.24, 2.45) is 5.92 Å². The van der Waals surface area contributed by atoms with Gasteiger partial charge in [0.15, 0.2) is 0 Å². The highest BCUT2D eigenvalue weighted by molar-refractivity contribution is 5.83. The average Bonchev–Trinajstić information content (AvgIpc) is 3.32. The summed E-state index contributed by atoms with van der Waals surface area (Å²) >= 11 is 0. The third-order valence-corrected chi connectivity index (χ3v) is 8.70. The lowest BCUT2D eigenvalue weighted by molar-refractivity contribution is -0.132. The quantitative estimate of drug-likeness (QED) is 0.263. The van der Waals surface area contributed by atoms with Crippen LogP contribution in [0.4, 0.5) is 0 Å². The van der Waals surface area contributed by atoms with Gasteiger partial charge in [0.25, 0.3) is 0 Å². The Labute approximate surface area is 266 Å². The van der Waals surface area contributed by atoms with Crippen LogP contribution in [0.2, 0.25) is 0 Å². The first-order chi connectivity index (χ1) is 21.6. The number of nitrogens with one attached hydrogen (secondary N) is 2. The molecule has 1 fully saturated rings. The van der Waals surface area contributed by atoms with E-state index in [-0.39, 0.29) is 24.8 Å². The summed E-state index contributed by atoms with van der Waals surface area (Å²) in [4.78, 5) is 35.9. The lowest BCUT2D eigenvalue weighted by atomic mass is 9.91. The zero-order valence-electron chi connectivity index (χ0n) is 26.6. The number of piperazine rings is 1. The van der Waals surface area contributed by atoms with Gasteiger partial charge in [-0.05, 0) is 61.9 Å². The van der Waals surface area contributed by atoms with Gasteiger partial charge in [-0.2, -0.15) is 0 Å². The first-order valence-electron chi connectivity index (χ1n) is 16.0. The maximum absolute atomic E-state index is 13.8. The number of aliphatic hydroxyl groups is 2. The molecule has 2 aromatic carbocycles. The first-order valence-corrected chi connectivity index (χ1v) is 16.0. The van der Waals surface area contributed by atoms with Crippen LogP contribution in [0.15, 0.2) is 79.1 Å². The van der Waals surface area contributed by atoms with Gasteiger partial charge < -0.3 is 20.8 Å². The highest BCUT2D eigenvalue weighted by Gasteiger charge is 2.37. The van der Waals surface area contributed by atoms with Crippen LogP contribution in [-0.4, -0.2) is 86.8 Å². The van der Waals surface area contributed by atoms with Gasteiger partial charge >= 0.3 is 0 Å². The third kappa shape index (κ3) is 8.98. The number of carbonyl (C=O) groups excluding carboxylic acids is 2. The molecule has 1 aliphatic heterocycles. The Bertz CT molecular complexity index is 1410. The molecule has 1 aromatic heterocycles. The summed E-state index contributed by atoms with van der Waals surface area (Å²) in [5.74, 6) is -0.781. The van der Waals surface area contributed by atoms with Gasteiger partial charge in [-0.25, -0.2) is 0 Å². The molecule has 240 valence electrons. The van der Waals surface area contributed by atoms with Gasteiger partial charge in [0, 0.05) is 63.0 Å². The van der Waals surface area contributed by atoms with Crippen LogP contribution in [-0.2, 0) is 29.0 Å². The molecule has 0 radical (unpaired) electrons. The monoisotopic (exact) mass is 613 g/mol. The molecule has 0 spiro atoms. The summed E-state index contributed by atoms with van der Waals surface area (Å²) < 4.78 is 0. The molecule has 2 aliphatic rings. The van der Waals surface area contributed by atoms with Crippen molar-refractivity contribution in [1.82, 2.24) is 25.4 Å². The van der Waals surface area contributed by atoms with Crippen molar-refractivity contribution in [2.45, 2.75) is 76.4 Å². The van der Waals surface area contributed by atoms with Crippen molar-refractivity contribution < 1.29 is 19.8 Å². The molecular weight excluding hydrogens is 566 g/mol. The lowest BCUT2D eigenvalue weighted by Gasteiger charge is -2.42. The summed E-state index contributed by atoms with van der Waals surface area (Å²) in [5, 5.41) is 28.5. The zero-order valence-corrected chi connectivity index (χ0v) is 26.6. The van der Waals surface area contributed by atoms with Gasteiger partial charge in [0.05, 0.1) is 18.2 Å². The molecule has 9 nitrogen and oxygen atoms in total. The van der Waals surface area contributed by atoms with E-state index in [4.69, 9.17) is 0 Å². The Kier molecular flexibility index (Phi) is 10.7. The Morgan fingerprint density at radius 2 is 1.73 bits per heavy atom. The number of amides is 2. The number of rotatable bonds is 11. The Hall–Kier alpha value is -3.63. The molecule has 9 heteroatoms. The van der Waals surface area contributed by atoms with Crippen LogP contribution in [0.3, 0.4) is 0 Å². The minimum Gasteiger partial charge on any atom is -0.392 e. The average molecular weight is 614 g/mol. The maximum atomic E-state index is 13.8. The van der Waals surface area contributed by atoms with E-state index in [1.54, 1.807) is 6.20 Å². The molecule has 2 unspecified atom stereocenters. The Balaban J connectivity index is 1.29. The molecule has 5 rings (SSSR count). The summed E-state index contributed by atoms with van der Waals surface area (Å²) in [6.07, 6.45) is 3.26. The number of pyridine rings is 1. The number of aliphatic hydroxyl groups excluding tert-OH is 2. The number of hydrogen-bond donors (Lipinski definition) is 4. The predicted molar refractivity (Wildman–Crippen MR) is 174 cm³/mol. The van der Waals surface area contributed by atoms with Crippen LogP contribution < -0.4 is 10.6 Å². The van der Waals surface area contributed by atoms with E-state index in [0.717, 1.165) is 28.8 Å². The smallest absolute Gasteiger partial charge is 0.239 e. The largest absolute Gasteiger partial charge is 0.392 e. The topological polar surface area (TPSA) is 118 Å². The van der Waals surface area contributed by atoms with Gasteiger partial charge in [0.1, 0.15) is 6.04 Å². The SMILES string of the molecule is CC(C)(C)NC(=O)C1CN(Cc2cccnc2)CCN1C[C@@H](O)C[C@@H](Cc1ccccc1)C(=O)N[C@H]1c2ccccc2CC1O. The van der Waals surface area contributed by atoms with Crippen LogP contribution in [0.5, 0.6) is 0 Å². The van der Waals surface area contributed by atoms with E-state index in [0.29, 0.717) is 32.5 Å². The fourth-order valence-corrected chi connectivity index (χ4v) is 6.56. The van der Waals surface area contributed by atoms with Crippen molar-refractivity contribution in [2.75, 3.05) is 26.2 Å². The molecule has 1 aliphatic carbocycles. The van der Waals surface area contributed by atoms with Crippen molar-refractivity contribution in [3.8, 4) is 0 Å². The standard InChI is InChI=1S/C36H47N5O4/c1-36(2,3)39-35(45)31-24-40(22-26-12-9-15-37-21-26)16-17-41(31)23-29(42)19-28(18-25-10-5-4-6-11-25)34(44)38-33-30-14-8-7-13-27(30)20-32(33)43/h4-15,21,28-29,31-33,42-43H,16-20,22-24H2,1-3H3,(H,38,44)(H,39,45)/t28-,29+,31?,32?,33+/m1/s1. The van der Waals surface area contributed by atoms with Crippen molar-refractivity contribution in [1.29, 1.82) is 0 Å². The van der Waals surface area contributed by atoms with E-state index in [1.807, 2.05) is 93.7 Å². The fraction of sp³-hybridized carbons (Fsp3) is 0.472. The lowest BCUT2D eigenvalue weighted by Crippen LogP contribution is -2.61. The van der Waals surface area contributed by atoms with E-state index in [1.165, 1.54) is 0 Å². The fourth-order valence-electron chi connectivity index (χ4n) is 6.56. The number of fused-ring (bicyclic) bond motifs is 1. The molecule has 5 atom stereocenters. The van der Waals surface area contributed by atoms with Gasteiger partial charge in [0.2, 0.25) is 11.8 Å².